The maximum atomic E-state index is 13.1. The maximum absolute atomic E-state index is 13.1. The van der Waals surface area contributed by atoms with E-state index in [2.05, 4.69) is 14.9 Å². The topological polar surface area (TPSA) is 98.2 Å². The molecule has 0 aliphatic rings. The Kier molecular flexibility index (Phi) is 3.87. The zero-order valence-corrected chi connectivity index (χ0v) is 12.8. The van der Waals surface area contributed by atoms with Crippen LogP contribution in [0.3, 0.4) is 0 Å². The van der Waals surface area contributed by atoms with Gasteiger partial charge in [0.15, 0.2) is 5.76 Å². The summed E-state index contributed by atoms with van der Waals surface area (Å²) < 4.78 is 50.4. The van der Waals surface area contributed by atoms with Crippen LogP contribution in [0.25, 0.3) is 11.7 Å². The fourth-order valence-corrected chi connectivity index (χ4v) is 2.82. The third-order valence-corrected chi connectivity index (χ3v) is 4.16. The Balaban J connectivity index is 1.86. The van der Waals surface area contributed by atoms with Gasteiger partial charge in [0.05, 0.1) is 5.69 Å². The highest BCUT2D eigenvalue weighted by atomic mass is 32.2. The molecule has 0 saturated heterocycles. The smallest absolute Gasteiger partial charge is 0.295 e. The van der Waals surface area contributed by atoms with Crippen LogP contribution < -0.4 is 4.72 Å². The molecule has 0 spiro atoms. The van der Waals surface area contributed by atoms with Crippen molar-refractivity contribution in [2.75, 3.05) is 4.72 Å². The molecule has 3 rings (SSSR count). The van der Waals surface area contributed by atoms with E-state index in [9.17, 15) is 12.8 Å². The van der Waals surface area contributed by atoms with Gasteiger partial charge in [-0.15, -0.1) is 10.2 Å². The van der Waals surface area contributed by atoms with E-state index >= 15 is 0 Å². The number of aromatic nitrogens is 2. The number of hydrogen-bond donors (Lipinski definition) is 1. The highest BCUT2D eigenvalue weighted by Crippen LogP contribution is 2.25. The Labute approximate surface area is 131 Å². The summed E-state index contributed by atoms with van der Waals surface area (Å²) in [6, 6.07) is 7.76. The number of nitrogens with one attached hydrogen (secondary N) is 1. The van der Waals surface area contributed by atoms with Crippen LogP contribution in [0, 0.1) is 5.82 Å². The number of nitrogens with zero attached hydrogens (tertiary/aromatic N) is 2. The third-order valence-electron chi connectivity index (χ3n) is 2.90. The monoisotopic (exact) mass is 337 g/mol. The van der Waals surface area contributed by atoms with Gasteiger partial charge in [-0.3, -0.25) is 4.72 Å². The predicted molar refractivity (Wildman–Crippen MR) is 78.6 cm³/mol. The summed E-state index contributed by atoms with van der Waals surface area (Å²) in [7, 11) is -3.99. The normalized spacial score (nSPS) is 11.6. The zero-order valence-electron chi connectivity index (χ0n) is 12.0. The lowest BCUT2D eigenvalue weighted by atomic mass is 10.3. The first-order valence-corrected chi connectivity index (χ1v) is 8.17. The van der Waals surface area contributed by atoms with Crippen molar-refractivity contribution in [3.05, 3.63) is 48.1 Å². The van der Waals surface area contributed by atoms with Gasteiger partial charge in [0.25, 0.3) is 15.9 Å². The Bertz CT molecular complexity index is 933. The van der Waals surface area contributed by atoms with E-state index in [1.165, 1.54) is 30.3 Å². The van der Waals surface area contributed by atoms with Crippen LogP contribution in [0.15, 0.2) is 50.3 Å². The van der Waals surface area contributed by atoms with Gasteiger partial charge in [0.1, 0.15) is 5.82 Å². The number of aryl methyl sites for hydroxylation is 1. The number of benzene rings is 1. The summed E-state index contributed by atoms with van der Waals surface area (Å²) in [6.07, 6.45) is 0.556. The molecule has 0 bridgehead atoms. The second-order valence-corrected chi connectivity index (χ2v) is 6.20. The Morgan fingerprint density at radius 1 is 1.17 bits per heavy atom. The van der Waals surface area contributed by atoms with Gasteiger partial charge in [0, 0.05) is 6.42 Å². The van der Waals surface area contributed by atoms with Crippen LogP contribution in [0.2, 0.25) is 0 Å². The lowest BCUT2D eigenvalue weighted by Crippen LogP contribution is -2.12. The van der Waals surface area contributed by atoms with Gasteiger partial charge < -0.3 is 8.83 Å². The van der Waals surface area contributed by atoms with Crippen molar-refractivity contribution < 1.29 is 21.6 Å². The van der Waals surface area contributed by atoms with Crippen LogP contribution in [0.4, 0.5) is 10.1 Å². The first kappa shape index (κ1) is 15.2. The number of sulfonamides is 1. The molecule has 120 valence electrons. The first-order valence-electron chi connectivity index (χ1n) is 6.69. The molecule has 2 heterocycles. The van der Waals surface area contributed by atoms with E-state index in [-0.39, 0.29) is 22.4 Å². The lowest BCUT2D eigenvalue weighted by molar-refractivity contribution is 0.436. The van der Waals surface area contributed by atoms with Gasteiger partial charge in [-0.05, 0) is 30.3 Å². The van der Waals surface area contributed by atoms with E-state index in [1.54, 1.807) is 0 Å². The quantitative estimate of drug-likeness (QED) is 0.769. The molecule has 23 heavy (non-hydrogen) atoms. The molecule has 0 unspecified atom stereocenters. The average molecular weight is 337 g/mol. The molecule has 1 N–H and O–H groups in total. The van der Waals surface area contributed by atoms with Crippen LogP contribution >= 0.6 is 0 Å². The highest BCUT2D eigenvalue weighted by Gasteiger charge is 2.21. The number of rotatable bonds is 5. The SMILES string of the molecule is CCc1nnc(-c2ccc(S(=O)(=O)Nc3cccc(F)c3)o2)o1. The number of halogens is 1. The van der Waals surface area contributed by atoms with E-state index in [0.717, 1.165) is 6.07 Å². The molecule has 2 aromatic heterocycles. The number of anilines is 1. The number of furan rings is 1. The molecule has 0 radical (unpaired) electrons. The molecular weight excluding hydrogens is 325 g/mol. The summed E-state index contributed by atoms with van der Waals surface area (Å²) >= 11 is 0. The van der Waals surface area contributed by atoms with Crippen LogP contribution in [0.5, 0.6) is 0 Å². The van der Waals surface area contributed by atoms with E-state index < -0.39 is 15.8 Å². The van der Waals surface area contributed by atoms with E-state index in [1.807, 2.05) is 6.92 Å². The lowest BCUT2D eigenvalue weighted by Gasteiger charge is -2.05. The fourth-order valence-electron chi connectivity index (χ4n) is 1.83. The van der Waals surface area contributed by atoms with Crippen molar-refractivity contribution in [2.24, 2.45) is 0 Å². The Morgan fingerprint density at radius 2 is 2.00 bits per heavy atom. The highest BCUT2D eigenvalue weighted by molar-refractivity contribution is 7.92. The van der Waals surface area contributed by atoms with Crippen molar-refractivity contribution in [1.82, 2.24) is 10.2 Å². The molecule has 0 saturated carbocycles. The average Bonchev–Trinajstić information content (AvgIpc) is 3.16. The molecule has 0 amide bonds. The minimum atomic E-state index is -3.99. The van der Waals surface area contributed by atoms with E-state index in [4.69, 9.17) is 8.83 Å². The van der Waals surface area contributed by atoms with Crippen LogP contribution in [0.1, 0.15) is 12.8 Å². The Morgan fingerprint density at radius 3 is 2.70 bits per heavy atom. The minimum absolute atomic E-state index is 0.0917. The second-order valence-electron chi connectivity index (χ2n) is 4.59. The molecule has 7 nitrogen and oxygen atoms in total. The predicted octanol–water partition coefficient (Wildman–Crippen LogP) is 2.83. The first-order chi connectivity index (χ1) is 11.0. The second kappa shape index (κ2) is 5.84. The molecule has 9 heteroatoms. The summed E-state index contributed by atoms with van der Waals surface area (Å²) in [6.45, 7) is 1.85. The summed E-state index contributed by atoms with van der Waals surface area (Å²) in [5.41, 5.74) is 0.0917. The minimum Gasteiger partial charge on any atom is -0.438 e. The fraction of sp³-hybridized carbons (Fsp3) is 0.143. The van der Waals surface area contributed by atoms with Crippen LogP contribution in [-0.2, 0) is 16.4 Å². The van der Waals surface area contributed by atoms with Crippen molar-refractivity contribution in [3.8, 4) is 11.7 Å². The number of hydrogen-bond acceptors (Lipinski definition) is 6. The standard InChI is InChI=1S/C14H12FN3O4S/c1-2-12-16-17-14(22-12)11-6-7-13(21-11)23(19,20)18-10-5-3-4-9(15)8-10/h3-8,18H,2H2,1H3. The molecular formula is C14H12FN3O4S. The van der Waals surface area contributed by atoms with Crippen molar-refractivity contribution >= 4 is 15.7 Å². The van der Waals surface area contributed by atoms with Gasteiger partial charge in [-0.1, -0.05) is 13.0 Å². The summed E-state index contributed by atoms with van der Waals surface area (Å²) in [5.74, 6) is 0.0906. The van der Waals surface area contributed by atoms with Gasteiger partial charge in [-0.25, -0.2) is 4.39 Å². The Hall–Kier alpha value is -2.68. The molecule has 3 aromatic rings. The summed E-state index contributed by atoms with van der Waals surface area (Å²) in [5, 5.41) is 7.21. The molecule has 0 aliphatic carbocycles. The van der Waals surface area contributed by atoms with Crippen molar-refractivity contribution in [1.29, 1.82) is 0 Å². The molecule has 0 atom stereocenters. The van der Waals surface area contributed by atoms with Gasteiger partial charge >= 0.3 is 0 Å². The molecule has 0 fully saturated rings. The van der Waals surface area contributed by atoms with Gasteiger partial charge in [0.2, 0.25) is 11.0 Å². The largest absolute Gasteiger partial charge is 0.438 e. The third kappa shape index (κ3) is 3.24. The molecule has 1 aromatic carbocycles. The van der Waals surface area contributed by atoms with Crippen molar-refractivity contribution in [2.45, 2.75) is 18.4 Å². The van der Waals surface area contributed by atoms with Crippen LogP contribution in [-0.4, -0.2) is 18.6 Å². The van der Waals surface area contributed by atoms with Crippen molar-refractivity contribution in [3.63, 3.8) is 0 Å². The van der Waals surface area contributed by atoms with Gasteiger partial charge in [-0.2, -0.15) is 8.42 Å². The van der Waals surface area contributed by atoms with E-state index in [0.29, 0.717) is 12.3 Å². The zero-order chi connectivity index (χ0) is 16.4. The molecule has 0 aliphatic heterocycles. The maximum Gasteiger partial charge on any atom is 0.295 e. The summed E-state index contributed by atoms with van der Waals surface area (Å²) in [4.78, 5) is 0.